The molecule has 0 saturated heterocycles. The molecule has 3 heterocycles. The summed E-state index contributed by atoms with van der Waals surface area (Å²) in [5.74, 6) is -0.0295. The van der Waals surface area contributed by atoms with Crippen molar-refractivity contribution < 1.29 is 40.6 Å². The fraction of sp³-hybridized carbons (Fsp3) is 0.136. The van der Waals surface area contributed by atoms with Crippen molar-refractivity contribution in [3.05, 3.63) is 179 Å². The Morgan fingerprint density at radius 2 is 1.21 bits per heavy atom. The molecule has 8 heteroatoms. The Hall–Kier alpha value is -4.66. The Morgan fingerprint density at radius 3 is 1.92 bits per heavy atom. The zero-order valence-electron chi connectivity index (χ0n) is 30.0. The van der Waals surface area contributed by atoms with Crippen LogP contribution in [0.15, 0.2) is 146 Å². The van der Waals surface area contributed by atoms with Crippen molar-refractivity contribution in [2.75, 3.05) is 22.1 Å². The molecule has 0 saturated carbocycles. The van der Waals surface area contributed by atoms with Crippen molar-refractivity contribution in [2.45, 2.75) is 25.2 Å². The van der Waals surface area contributed by atoms with E-state index in [2.05, 4.69) is 110 Å². The second-order valence-electron chi connectivity index (χ2n) is 12.9. The number of hydrogen-bond donors (Lipinski definition) is 3. The minimum atomic E-state index is -0.226. The summed E-state index contributed by atoms with van der Waals surface area (Å²) in [4.78, 5) is 27.3. The van der Waals surface area contributed by atoms with Crippen LogP contribution >= 0.6 is 15.9 Å². The van der Waals surface area contributed by atoms with Crippen LogP contribution in [0.2, 0.25) is 0 Å². The van der Waals surface area contributed by atoms with E-state index in [1.54, 1.807) is 0 Å². The molecule has 3 N–H and O–H groups in total. The molecular weight excluding hydrogens is 719 g/mol. The summed E-state index contributed by atoms with van der Waals surface area (Å²) in [6, 6.07) is 49.3. The van der Waals surface area contributed by atoms with Crippen LogP contribution < -0.4 is 50.4 Å². The average Bonchev–Trinajstić information content (AvgIpc) is 3.19. The Morgan fingerprint density at radius 1 is 0.615 bits per heavy atom. The maximum atomic E-state index is 12.5. The van der Waals surface area contributed by atoms with Crippen molar-refractivity contribution in [1.29, 1.82) is 0 Å². The number of para-hydroxylation sites is 2. The fourth-order valence-electron chi connectivity index (χ4n) is 7.35. The first-order valence-electron chi connectivity index (χ1n) is 17.3. The van der Waals surface area contributed by atoms with Crippen LogP contribution in [-0.2, 0) is 12.8 Å². The molecule has 0 spiro atoms. The van der Waals surface area contributed by atoms with Gasteiger partial charge in [-0.05, 0) is 81.6 Å². The molecular formula is C44H38BrN4NaO2. The average molecular weight is 758 g/mol. The van der Waals surface area contributed by atoms with Crippen molar-refractivity contribution in [3.63, 3.8) is 0 Å². The number of benzene rings is 6. The summed E-state index contributed by atoms with van der Waals surface area (Å²) in [6.07, 6.45) is 1.58. The standard InChI is InChI=1S/C22H19BrN2O.C22H18N2O.Na.H/c23-13-12-17-14-16(15-6-2-1-3-7-15)10-11-18(17)21-24-20-9-5-4-8-19(20)22(26)25-21;25-22-19-8-4-5-9-20(19)24-13-12-17-14-16(15-6-2-1-3-7-15)10-11-18(17)21(24)23-22;;/h1-11,14,21,24H,12-13H2,(H,25,26);1-11,14,21H,12-13H2,(H,23,25);;/q;;+1;-1. The Labute approximate surface area is 336 Å². The molecule has 52 heavy (non-hydrogen) atoms. The molecule has 6 nitrogen and oxygen atoms in total. The van der Waals surface area contributed by atoms with Crippen molar-refractivity contribution in [3.8, 4) is 22.3 Å². The van der Waals surface area contributed by atoms with Crippen LogP contribution in [-0.4, -0.2) is 23.7 Å². The molecule has 3 aliphatic rings. The van der Waals surface area contributed by atoms with Crippen molar-refractivity contribution in [1.82, 2.24) is 10.6 Å². The number of fused-ring (bicyclic) bond motifs is 6. The third-order valence-corrected chi connectivity index (χ3v) is 10.3. The minimum Gasteiger partial charge on any atom is -1.00 e. The number of nitrogens with zero attached hydrogens (tertiary/aromatic N) is 1. The Bertz CT molecular complexity index is 2240. The maximum absolute atomic E-state index is 12.5. The van der Waals surface area contributed by atoms with Crippen LogP contribution in [0.3, 0.4) is 0 Å². The van der Waals surface area contributed by atoms with Gasteiger partial charge in [0.25, 0.3) is 11.8 Å². The van der Waals surface area contributed by atoms with E-state index in [0.717, 1.165) is 47.2 Å². The van der Waals surface area contributed by atoms with Crippen molar-refractivity contribution >= 4 is 39.1 Å². The van der Waals surface area contributed by atoms with Crippen LogP contribution in [0.1, 0.15) is 56.7 Å². The molecule has 2 amide bonds. The molecule has 0 fully saturated rings. The molecule has 2 unspecified atom stereocenters. The van der Waals surface area contributed by atoms with Crippen LogP contribution in [0.25, 0.3) is 22.3 Å². The van der Waals surface area contributed by atoms with Crippen LogP contribution in [0, 0.1) is 0 Å². The van der Waals surface area contributed by atoms with Gasteiger partial charge in [0.1, 0.15) is 12.3 Å². The summed E-state index contributed by atoms with van der Waals surface area (Å²) >= 11 is 3.56. The van der Waals surface area contributed by atoms with E-state index < -0.39 is 0 Å². The molecule has 254 valence electrons. The monoisotopic (exact) mass is 756 g/mol. The van der Waals surface area contributed by atoms with Gasteiger partial charge >= 0.3 is 29.6 Å². The molecule has 6 aromatic carbocycles. The van der Waals surface area contributed by atoms with E-state index in [-0.39, 0.29) is 55.1 Å². The number of carbonyl (C=O) groups is 2. The number of amides is 2. The van der Waals surface area contributed by atoms with Gasteiger partial charge in [0.15, 0.2) is 0 Å². The number of aryl methyl sites for hydroxylation is 1. The smallest absolute Gasteiger partial charge is 1.00 e. The first-order valence-corrected chi connectivity index (χ1v) is 18.4. The summed E-state index contributed by atoms with van der Waals surface area (Å²) in [5, 5.41) is 10.6. The van der Waals surface area contributed by atoms with E-state index in [4.69, 9.17) is 0 Å². The van der Waals surface area contributed by atoms with E-state index in [0.29, 0.717) is 5.56 Å². The first-order chi connectivity index (χ1) is 25.1. The number of rotatable bonds is 5. The molecule has 2 atom stereocenters. The minimum absolute atomic E-state index is 0. The third-order valence-electron chi connectivity index (χ3n) is 9.88. The van der Waals surface area contributed by atoms with Gasteiger partial charge in [0.05, 0.1) is 16.8 Å². The van der Waals surface area contributed by atoms with Gasteiger partial charge in [-0.3, -0.25) is 9.59 Å². The molecule has 0 radical (unpaired) electrons. The second-order valence-corrected chi connectivity index (χ2v) is 13.7. The number of anilines is 2. The number of hydrogen-bond acceptors (Lipinski definition) is 4. The summed E-state index contributed by atoms with van der Waals surface area (Å²) in [7, 11) is 0. The predicted molar refractivity (Wildman–Crippen MR) is 210 cm³/mol. The number of nitrogens with one attached hydrogen (secondary N) is 3. The molecule has 6 aromatic rings. The predicted octanol–water partition coefficient (Wildman–Crippen LogP) is 6.42. The third kappa shape index (κ3) is 7.19. The van der Waals surface area contributed by atoms with Crippen LogP contribution in [0.4, 0.5) is 11.4 Å². The van der Waals surface area contributed by atoms with E-state index in [1.807, 2.05) is 72.8 Å². The largest absolute Gasteiger partial charge is 1.00 e. The summed E-state index contributed by atoms with van der Waals surface area (Å²) < 4.78 is 0. The van der Waals surface area contributed by atoms with Gasteiger partial charge in [0, 0.05) is 17.6 Å². The number of halogens is 1. The van der Waals surface area contributed by atoms with Gasteiger partial charge in [0.2, 0.25) is 0 Å². The van der Waals surface area contributed by atoms with Gasteiger partial charge in [-0.25, -0.2) is 0 Å². The Kier molecular flexibility index (Phi) is 10.9. The maximum Gasteiger partial charge on any atom is 1.00 e. The summed E-state index contributed by atoms with van der Waals surface area (Å²) in [5.41, 5.74) is 13.1. The normalized spacial score (nSPS) is 16.5. The fourth-order valence-corrected chi connectivity index (χ4v) is 7.78. The SMILES string of the molecule is O=C1NC(c2ccc(-c3ccccc3)cc2CCBr)Nc2ccccc21.O=C1NC2c3ccc(-c4ccccc4)cc3CCN2c2ccccc21.[H-].[Na+]. The molecule has 3 aliphatic heterocycles. The van der Waals surface area contributed by atoms with Gasteiger partial charge in [-0.15, -0.1) is 0 Å². The van der Waals surface area contributed by atoms with Gasteiger partial charge in [-0.1, -0.05) is 137 Å². The number of alkyl halides is 1. The van der Waals surface area contributed by atoms with Gasteiger partial charge in [-0.2, -0.15) is 0 Å². The topological polar surface area (TPSA) is 73.5 Å². The van der Waals surface area contributed by atoms with Crippen LogP contribution in [0.5, 0.6) is 0 Å². The first kappa shape index (κ1) is 35.7. The van der Waals surface area contributed by atoms with Gasteiger partial charge < -0.3 is 22.3 Å². The molecule has 0 bridgehead atoms. The molecule has 0 aromatic heterocycles. The zero-order chi connectivity index (χ0) is 34.7. The van der Waals surface area contributed by atoms with Crippen molar-refractivity contribution in [2.24, 2.45) is 0 Å². The second kappa shape index (κ2) is 15.9. The van der Waals surface area contributed by atoms with E-state index in [9.17, 15) is 9.59 Å². The summed E-state index contributed by atoms with van der Waals surface area (Å²) in [6.45, 7) is 0.910. The molecule has 0 aliphatic carbocycles. The number of carbonyl (C=O) groups excluding carboxylic acids is 2. The van der Waals surface area contributed by atoms with E-state index >= 15 is 0 Å². The quantitative estimate of drug-likeness (QED) is 0.140. The zero-order valence-corrected chi connectivity index (χ0v) is 32.6. The van der Waals surface area contributed by atoms with E-state index in [1.165, 1.54) is 38.9 Å². The Balaban J connectivity index is 0.000000175. The molecule has 9 rings (SSSR count).